The Morgan fingerprint density at radius 3 is 2.40 bits per heavy atom. The van der Waals surface area contributed by atoms with Crippen LogP contribution in [-0.2, 0) is 4.79 Å². The first-order valence-electron chi connectivity index (χ1n) is 8.17. The van der Waals surface area contributed by atoms with E-state index in [0.717, 1.165) is 44.2 Å². The molecule has 3 aliphatic rings. The van der Waals surface area contributed by atoms with Gasteiger partial charge in [-0.15, -0.1) is 12.4 Å². The number of nitrogens with zero attached hydrogens (tertiary/aromatic N) is 1. The average Bonchev–Trinajstić information content (AvgIpc) is 3.01. The van der Waals surface area contributed by atoms with Gasteiger partial charge in [-0.1, -0.05) is 6.42 Å². The summed E-state index contributed by atoms with van der Waals surface area (Å²) in [4.78, 5) is 14.5. The van der Waals surface area contributed by atoms with Crippen molar-refractivity contribution in [1.29, 1.82) is 0 Å². The first kappa shape index (κ1) is 16.1. The van der Waals surface area contributed by atoms with Gasteiger partial charge in [-0.25, -0.2) is 0 Å². The third kappa shape index (κ3) is 3.30. The zero-order valence-corrected chi connectivity index (χ0v) is 13.4. The maximum atomic E-state index is 12.4. The summed E-state index contributed by atoms with van der Waals surface area (Å²) in [6.45, 7) is 3.97. The molecule has 4 unspecified atom stereocenters. The van der Waals surface area contributed by atoms with E-state index in [1.807, 2.05) is 0 Å². The summed E-state index contributed by atoms with van der Waals surface area (Å²) < 4.78 is 0. The van der Waals surface area contributed by atoms with E-state index >= 15 is 0 Å². The van der Waals surface area contributed by atoms with Crippen LogP contribution in [0.3, 0.4) is 0 Å². The molecule has 0 aromatic heterocycles. The standard InChI is InChI=1S/C16H28N2O.ClH/c1-11(17)13-4-6-18(7-5-13)16(19)10-15-9-12-2-3-14(15)8-12;/h11-15H,2-10,17H2,1H3;1H. The Morgan fingerprint density at radius 2 is 1.90 bits per heavy atom. The Morgan fingerprint density at radius 1 is 1.20 bits per heavy atom. The minimum atomic E-state index is 0. The van der Waals surface area contributed by atoms with Crippen molar-refractivity contribution < 1.29 is 4.79 Å². The number of hydrogen-bond donors (Lipinski definition) is 1. The van der Waals surface area contributed by atoms with Gasteiger partial charge in [-0.05, 0) is 62.7 Å². The van der Waals surface area contributed by atoms with Crippen molar-refractivity contribution in [3.8, 4) is 0 Å². The van der Waals surface area contributed by atoms with Gasteiger partial charge in [0.2, 0.25) is 5.91 Å². The van der Waals surface area contributed by atoms with Crippen LogP contribution >= 0.6 is 12.4 Å². The van der Waals surface area contributed by atoms with Crippen LogP contribution in [0.25, 0.3) is 0 Å². The highest BCUT2D eigenvalue weighted by Crippen LogP contribution is 2.49. The van der Waals surface area contributed by atoms with Gasteiger partial charge in [-0.2, -0.15) is 0 Å². The highest BCUT2D eigenvalue weighted by molar-refractivity contribution is 5.85. The van der Waals surface area contributed by atoms with Crippen LogP contribution in [0.5, 0.6) is 0 Å². The summed E-state index contributed by atoms with van der Waals surface area (Å²) in [6, 6.07) is 0.280. The van der Waals surface area contributed by atoms with Crippen molar-refractivity contribution in [3.63, 3.8) is 0 Å². The van der Waals surface area contributed by atoms with E-state index in [1.54, 1.807) is 0 Å². The van der Waals surface area contributed by atoms with E-state index in [0.29, 0.717) is 17.7 Å². The van der Waals surface area contributed by atoms with Crippen molar-refractivity contribution in [2.45, 2.75) is 57.9 Å². The maximum Gasteiger partial charge on any atom is 0.222 e. The maximum absolute atomic E-state index is 12.4. The van der Waals surface area contributed by atoms with Crippen molar-refractivity contribution in [3.05, 3.63) is 0 Å². The Kier molecular flexibility index (Phi) is 5.36. The van der Waals surface area contributed by atoms with Crippen LogP contribution in [0.15, 0.2) is 0 Å². The molecule has 0 radical (unpaired) electrons. The monoisotopic (exact) mass is 300 g/mol. The molecule has 1 amide bonds. The number of piperidine rings is 1. The van der Waals surface area contributed by atoms with E-state index in [-0.39, 0.29) is 18.4 Å². The summed E-state index contributed by atoms with van der Waals surface area (Å²) in [6.07, 6.45) is 8.56. The normalized spacial score (nSPS) is 34.9. The molecule has 3 fully saturated rings. The topological polar surface area (TPSA) is 46.3 Å². The molecule has 2 aliphatic carbocycles. The number of carbonyl (C=O) groups excluding carboxylic acids is 1. The molecule has 4 atom stereocenters. The molecule has 116 valence electrons. The van der Waals surface area contributed by atoms with Gasteiger partial charge in [0.15, 0.2) is 0 Å². The van der Waals surface area contributed by atoms with E-state index in [9.17, 15) is 4.79 Å². The molecule has 2 bridgehead atoms. The fraction of sp³-hybridized carbons (Fsp3) is 0.938. The molecule has 1 heterocycles. The van der Waals surface area contributed by atoms with Crippen molar-refractivity contribution in [2.24, 2.45) is 29.4 Å². The molecule has 1 saturated heterocycles. The van der Waals surface area contributed by atoms with Gasteiger partial charge in [0.25, 0.3) is 0 Å². The predicted octanol–water partition coefficient (Wildman–Crippen LogP) is 2.82. The second kappa shape index (κ2) is 6.65. The van der Waals surface area contributed by atoms with Gasteiger partial charge in [0, 0.05) is 25.6 Å². The number of nitrogens with two attached hydrogens (primary N) is 1. The lowest BCUT2D eigenvalue weighted by atomic mass is 9.85. The lowest BCUT2D eigenvalue weighted by Crippen LogP contribution is -2.43. The summed E-state index contributed by atoms with van der Waals surface area (Å²) in [7, 11) is 0. The third-order valence-electron chi connectivity index (χ3n) is 5.96. The second-order valence-electron chi connectivity index (χ2n) is 7.22. The molecule has 0 aromatic rings. The fourth-order valence-electron chi connectivity index (χ4n) is 4.65. The Bertz CT molecular complexity index is 339. The van der Waals surface area contributed by atoms with E-state index in [4.69, 9.17) is 5.73 Å². The van der Waals surface area contributed by atoms with Gasteiger partial charge < -0.3 is 10.6 Å². The lowest BCUT2D eigenvalue weighted by molar-refractivity contribution is -0.134. The van der Waals surface area contributed by atoms with Crippen molar-refractivity contribution >= 4 is 18.3 Å². The highest BCUT2D eigenvalue weighted by Gasteiger charge is 2.40. The van der Waals surface area contributed by atoms with Crippen LogP contribution in [0.4, 0.5) is 0 Å². The zero-order chi connectivity index (χ0) is 13.4. The number of rotatable bonds is 3. The van der Waals surface area contributed by atoms with Crippen LogP contribution in [0.2, 0.25) is 0 Å². The first-order valence-corrected chi connectivity index (χ1v) is 8.17. The van der Waals surface area contributed by atoms with Gasteiger partial charge >= 0.3 is 0 Å². The number of likely N-dealkylation sites (tertiary alicyclic amines) is 1. The molecule has 4 heteroatoms. The molecule has 3 rings (SSSR count). The minimum Gasteiger partial charge on any atom is -0.343 e. The van der Waals surface area contributed by atoms with Crippen LogP contribution < -0.4 is 5.73 Å². The highest BCUT2D eigenvalue weighted by atomic mass is 35.5. The number of fused-ring (bicyclic) bond motifs is 2. The molecular formula is C16H29ClN2O. The van der Waals surface area contributed by atoms with Gasteiger partial charge in [0.1, 0.15) is 0 Å². The molecular weight excluding hydrogens is 272 g/mol. The number of hydrogen-bond acceptors (Lipinski definition) is 2. The Labute approximate surface area is 129 Å². The molecule has 2 saturated carbocycles. The smallest absolute Gasteiger partial charge is 0.222 e. The number of halogens is 1. The summed E-state index contributed by atoms with van der Waals surface area (Å²) in [5, 5.41) is 0. The largest absolute Gasteiger partial charge is 0.343 e. The minimum absolute atomic E-state index is 0. The van der Waals surface area contributed by atoms with Crippen molar-refractivity contribution in [1.82, 2.24) is 4.90 Å². The van der Waals surface area contributed by atoms with Gasteiger partial charge in [0.05, 0.1) is 0 Å². The molecule has 1 aliphatic heterocycles. The summed E-state index contributed by atoms with van der Waals surface area (Å²) in [5.41, 5.74) is 5.96. The molecule has 3 nitrogen and oxygen atoms in total. The van der Waals surface area contributed by atoms with Gasteiger partial charge in [-0.3, -0.25) is 4.79 Å². The average molecular weight is 301 g/mol. The summed E-state index contributed by atoms with van der Waals surface area (Å²) >= 11 is 0. The van der Waals surface area contributed by atoms with Crippen LogP contribution in [-0.4, -0.2) is 29.9 Å². The SMILES string of the molecule is CC(N)C1CCN(C(=O)CC2CC3CCC2C3)CC1.Cl. The number of carbonyl (C=O) groups is 1. The fourth-order valence-corrected chi connectivity index (χ4v) is 4.65. The lowest BCUT2D eigenvalue weighted by Gasteiger charge is -2.35. The summed E-state index contributed by atoms with van der Waals surface area (Å²) in [5.74, 6) is 3.56. The number of amides is 1. The Balaban J connectivity index is 0.00000147. The van der Waals surface area contributed by atoms with E-state index in [2.05, 4.69) is 11.8 Å². The van der Waals surface area contributed by atoms with E-state index < -0.39 is 0 Å². The van der Waals surface area contributed by atoms with Crippen LogP contribution in [0, 0.1) is 23.7 Å². The zero-order valence-electron chi connectivity index (χ0n) is 12.6. The second-order valence-corrected chi connectivity index (χ2v) is 7.22. The van der Waals surface area contributed by atoms with Crippen molar-refractivity contribution in [2.75, 3.05) is 13.1 Å². The molecule has 2 N–H and O–H groups in total. The Hall–Kier alpha value is -0.280. The van der Waals surface area contributed by atoms with E-state index in [1.165, 1.54) is 25.7 Å². The predicted molar refractivity (Wildman–Crippen MR) is 83.8 cm³/mol. The third-order valence-corrected chi connectivity index (χ3v) is 5.96. The quantitative estimate of drug-likeness (QED) is 0.871. The first-order chi connectivity index (χ1) is 9.13. The molecule has 20 heavy (non-hydrogen) atoms. The molecule has 0 spiro atoms. The molecule has 0 aromatic carbocycles. The van der Waals surface area contributed by atoms with Crippen LogP contribution in [0.1, 0.15) is 51.9 Å².